The number of pyridine rings is 1. The Bertz CT molecular complexity index is 750. The average molecular weight is 312 g/mol. The minimum absolute atomic E-state index is 0.0294. The fraction of sp³-hybridized carbons (Fsp3) is 0.188. The second kappa shape index (κ2) is 6.53. The quantitative estimate of drug-likeness (QED) is 0.788. The predicted octanol–water partition coefficient (Wildman–Crippen LogP) is 2.75. The van der Waals surface area contributed by atoms with Crippen molar-refractivity contribution in [2.45, 2.75) is 13.5 Å². The van der Waals surface area contributed by atoms with Crippen molar-refractivity contribution in [3.8, 4) is 11.4 Å². The van der Waals surface area contributed by atoms with Gasteiger partial charge in [-0.15, -0.1) is 11.3 Å². The van der Waals surface area contributed by atoms with Crippen LogP contribution in [0.4, 0.5) is 0 Å². The number of hydrogen-bond donors (Lipinski definition) is 1. The van der Waals surface area contributed by atoms with Crippen LogP contribution in [0.25, 0.3) is 11.4 Å². The van der Waals surface area contributed by atoms with Crippen LogP contribution in [-0.2, 0) is 6.54 Å². The zero-order valence-corrected chi connectivity index (χ0v) is 13.0. The number of nitrogens with one attached hydrogen (secondary N) is 1. The number of aromatic nitrogens is 3. The van der Waals surface area contributed by atoms with E-state index in [0.29, 0.717) is 13.1 Å². The van der Waals surface area contributed by atoms with E-state index in [1.807, 2.05) is 42.8 Å². The van der Waals surface area contributed by atoms with E-state index in [4.69, 9.17) is 0 Å². The van der Waals surface area contributed by atoms with E-state index in [1.54, 1.807) is 12.4 Å². The number of thiophene rings is 1. The first kappa shape index (κ1) is 14.5. The number of nitrogens with zero attached hydrogens (tertiary/aromatic N) is 3. The topological polar surface area (TPSA) is 59.8 Å². The van der Waals surface area contributed by atoms with Gasteiger partial charge < -0.3 is 9.88 Å². The SMILES string of the molecule is Cc1cnc(-c2ccncc2)n1CCNC(=O)c1cccs1. The van der Waals surface area contributed by atoms with Gasteiger partial charge in [0.2, 0.25) is 0 Å². The van der Waals surface area contributed by atoms with Crippen LogP contribution in [0.15, 0.2) is 48.2 Å². The lowest BCUT2D eigenvalue weighted by molar-refractivity contribution is 0.0956. The molecule has 3 aromatic heterocycles. The second-order valence-electron chi connectivity index (χ2n) is 4.84. The van der Waals surface area contributed by atoms with Crippen LogP contribution >= 0.6 is 11.3 Å². The first-order chi connectivity index (χ1) is 10.8. The highest BCUT2D eigenvalue weighted by molar-refractivity contribution is 7.12. The number of rotatable bonds is 5. The normalized spacial score (nSPS) is 10.6. The summed E-state index contributed by atoms with van der Waals surface area (Å²) in [7, 11) is 0. The lowest BCUT2D eigenvalue weighted by atomic mass is 10.2. The first-order valence-corrected chi connectivity index (χ1v) is 7.88. The molecule has 0 spiro atoms. The summed E-state index contributed by atoms with van der Waals surface area (Å²) < 4.78 is 2.10. The number of carbonyl (C=O) groups is 1. The highest BCUT2D eigenvalue weighted by Crippen LogP contribution is 2.18. The number of amides is 1. The maximum absolute atomic E-state index is 11.9. The van der Waals surface area contributed by atoms with E-state index in [-0.39, 0.29) is 5.91 Å². The Morgan fingerprint density at radius 1 is 1.32 bits per heavy atom. The molecule has 0 aliphatic carbocycles. The Kier molecular flexibility index (Phi) is 4.29. The van der Waals surface area contributed by atoms with Gasteiger partial charge in [0, 0.05) is 42.9 Å². The van der Waals surface area contributed by atoms with Crippen molar-refractivity contribution < 1.29 is 4.79 Å². The molecule has 3 heterocycles. The molecule has 0 aliphatic heterocycles. The van der Waals surface area contributed by atoms with E-state index < -0.39 is 0 Å². The van der Waals surface area contributed by atoms with E-state index in [1.165, 1.54) is 11.3 Å². The fourth-order valence-electron chi connectivity index (χ4n) is 2.25. The van der Waals surface area contributed by atoms with Crippen LogP contribution in [0.3, 0.4) is 0 Å². The minimum atomic E-state index is -0.0294. The lowest BCUT2D eigenvalue weighted by Crippen LogP contribution is -2.27. The van der Waals surface area contributed by atoms with Crippen LogP contribution < -0.4 is 5.32 Å². The molecular formula is C16H16N4OS. The highest BCUT2D eigenvalue weighted by atomic mass is 32.1. The molecule has 5 nitrogen and oxygen atoms in total. The standard InChI is InChI=1S/C16H16N4OS/c1-12-11-19-15(13-4-6-17-7-5-13)20(12)9-8-18-16(21)14-3-2-10-22-14/h2-7,10-11H,8-9H2,1H3,(H,18,21). The van der Waals surface area contributed by atoms with Crippen molar-refractivity contribution in [2.75, 3.05) is 6.54 Å². The van der Waals surface area contributed by atoms with Gasteiger partial charge >= 0.3 is 0 Å². The van der Waals surface area contributed by atoms with Crippen molar-refractivity contribution in [1.82, 2.24) is 19.9 Å². The zero-order valence-electron chi connectivity index (χ0n) is 12.2. The van der Waals surface area contributed by atoms with Crippen molar-refractivity contribution in [3.63, 3.8) is 0 Å². The third-order valence-corrected chi connectivity index (χ3v) is 4.23. The zero-order chi connectivity index (χ0) is 15.4. The molecule has 0 saturated heterocycles. The van der Waals surface area contributed by atoms with E-state index in [9.17, 15) is 4.79 Å². The Hall–Kier alpha value is -2.47. The molecule has 0 radical (unpaired) electrons. The Morgan fingerprint density at radius 2 is 2.14 bits per heavy atom. The maximum Gasteiger partial charge on any atom is 0.261 e. The van der Waals surface area contributed by atoms with Gasteiger partial charge in [-0.1, -0.05) is 6.07 Å². The third-order valence-electron chi connectivity index (χ3n) is 3.36. The van der Waals surface area contributed by atoms with Crippen molar-refractivity contribution in [3.05, 3.63) is 58.8 Å². The summed E-state index contributed by atoms with van der Waals surface area (Å²) in [5.74, 6) is 0.864. The fourth-order valence-corrected chi connectivity index (χ4v) is 2.89. The van der Waals surface area contributed by atoms with Crippen LogP contribution in [0.1, 0.15) is 15.4 Å². The van der Waals surface area contributed by atoms with Gasteiger partial charge in [0.25, 0.3) is 5.91 Å². The third kappa shape index (κ3) is 3.07. The monoisotopic (exact) mass is 312 g/mol. The van der Waals surface area contributed by atoms with Crippen LogP contribution in [-0.4, -0.2) is 27.0 Å². The second-order valence-corrected chi connectivity index (χ2v) is 5.79. The molecule has 3 rings (SSSR count). The smallest absolute Gasteiger partial charge is 0.261 e. The van der Waals surface area contributed by atoms with E-state index in [0.717, 1.165) is 22.0 Å². The molecule has 1 N–H and O–H groups in total. The van der Waals surface area contributed by atoms with Crippen molar-refractivity contribution >= 4 is 17.2 Å². The molecule has 0 atom stereocenters. The summed E-state index contributed by atoms with van der Waals surface area (Å²) in [6.45, 7) is 3.26. The first-order valence-electron chi connectivity index (χ1n) is 7.00. The predicted molar refractivity (Wildman–Crippen MR) is 86.8 cm³/mol. The molecule has 22 heavy (non-hydrogen) atoms. The Morgan fingerprint density at radius 3 is 2.86 bits per heavy atom. The van der Waals surface area contributed by atoms with Gasteiger partial charge in [-0.2, -0.15) is 0 Å². The van der Waals surface area contributed by atoms with Gasteiger partial charge in [0.1, 0.15) is 5.82 Å². The summed E-state index contributed by atoms with van der Waals surface area (Å²) in [6, 6.07) is 7.57. The van der Waals surface area contributed by atoms with Crippen LogP contribution in [0.5, 0.6) is 0 Å². The molecule has 0 bridgehead atoms. The summed E-state index contributed by atoms with van der Waals surface area (Å²) >= 11 is 1.44. The van der Waals surface area contributed by atoms with Crippen LogP contribution in [0, 0.1) is 6.92 Å². The Balaban J connectivity index is 1.68. The number of aryl methyl sites for hydroxylation is 1. The van der Waals surface area contributed by atoms with E-state index >= 15 is 0 Å². The lowest BCUT2D eigenvalue weighted by Gasteiger charge is -2.11. The molecule has 0 aromatic carbocycles. The number of hydrogen-bond acceptors (Lipinski definition) is 4. The summed E-state index contributed by atoms with van der Waals surface area (Å²) in [6.07, 6.45) is 5.35. The molecule has 0 saturated carbocycles. The molecule has 0 aliphatic rings. The number of imidazole rings is 1. The van der Waals surface area contributed by atoms with Crippen molar-refractivity contribution in [1.29, 1.82) is 0 Å². The molecule has 1 amide bonds. The van der Waals surface area contributed by atoms with Crippen molar-refractivity contribution in [2.24, 2.45) is 0 Å². The number of carbonyl (C=O) groups excluding carboxylic acids is 1. The molecule has 0 fully saturated rings. The summed E-state index contributed by atoms with van der Waals surface area (Å²) in [4.78, 5) is 21.2. The molecule has 112 valence electrons. The van der Waals surface area contributed by atoms with Gasteiger partial charge in [-0.3, -0.25) is 9.78 Å². The maximum atomic E-state index is 11.9. The van der Waals surface area contributed by atoms with E-state index in [2.05, 4.69) is 19.9 Å². The summed E-state index contributed by atoms with van der Waals surface area (Å²) in [5.41, 5.74) is 2.09. The van der Waals surface area contributed by atoms with Gasteiger partial charge in [-0.05, 0) is 30.5 Å². The largest absolute Gasteiger partial charge is 0.350 e. The van der Waals surface area contributed by atoms with Gasteiger partial charge in [0.15, 0.2) is 0 Å². The Labute approximate surface area is 132 Å². The molecular weight excluding hydrogens is 296 g/mol. The van der Waals surface area contributed by atoms with Crippen LogP contribution in [0.2, 0.25) is 0 Å². The average Bonchev–Trinajstić information content (AvgIpc) is 3.19. The van der Waals surface area contributed by atoms with Gasteiger partial charge in [0.05, 0.1) is 4.88 Å². The molecule has 0 unspecified atom stereocenters. The highest BCUT2D eigenvalue weighted by Gasteiger charge is 2.10. The summed E-state index contributed by atoms with van der Waals surface area (Å²) in [5, 5.41) is 4.84. The molecule has 3 aromatic rings. The minimum Gasteiger partial charge on any atom is -0.350 e. The molecule has 6 heteroatoms. The van der Waals surface area contributed by atoms with Gasteiger partial charge in [-0.25, -0.2) is 4.98 Å².